The number of halogens is 1. The predicted octanol–water partition coefficient (Wildman–Crippen LogP) is 0.395. The lowest BCUT2D eigenvalue weighted by Crippen LogP contribution is -2.52. The molecule has 2 amide bonds. The summed E-state index contributed by atoms with van der Waals surface area (Å²) < 4.78 is 18.5. The van der Waals surface area contributed by atoms with Gasteiger partial charge in [0.2, 0.25) is 11.8 Å². The van der Waals surface area contributed by atoms with Crippen LogP contribution in [-0.4, -0.2) is 47.6 Å². The van der Waals surface area contributed by atoms with Crippen molar-refractivity contribution in [1.29, 1.82) is 0 Å². The van der Waals surface area contributed by atoms with Gasteiger partial charge in [0.1, 0.15) is 17.9 Å². The van der Waals surface area contributed by atoms with Crippen LogP contribution in [0.25, 0.3) is 0 Å². The molecule has 0 spiro atoms. The van der Waals surface area contributed by atoms with E-state index >= 15 is 0 Å². The van der Waals surface area contributed by atoms with Crippen LogP contribution in [0.3, 0.4) is 0 Å². The van der Waals surface area contributed by atoms with Crippen molar-refractivity contribution in [3.63, 3.8) is 0 Å². The Morgan fingerprint density at radius 3 is 2.35 bits per heavy atom. The molecule has 0 heterocycles. The Balaban J connectivity index is 2.89. The van der Waals surface area contributed by atoms with Gasteiger partial charge in [0, 0.05) is 13.3 Å². The average Bonchev–Trinajstić information content (AvgIpc) is 2.55. The maximum absolute atomic E-state index is 13.8. The van der Waals surface area contributed by atoms with Crippen molar-refractivity contribution in [2.75, 3.05) is 6.61 Å². The Hall–Kier alpha value is -2.97. The summed E-state index contributed by atoms with van der Waals surface area (Å²) in [5.74, 6) is -4.17. The first-order valence-electron chi connectivity index (χ1n) is 7.93. The number of hydrogen-bond acceptors (Lipinski definition) is 5. The zero-order valence-electron chi connectivity index (χ0n) is 14.5. The maximum atomic E-state index is 13.8. The van der Waals surface area contributed by atoms with Crippen molar-refractivity contribution in [3.8, 4) is 0 Å². The van der Waals surface area contributed by atoms with E-state index in [2.05, 4.69) is 15.4 Å². The van der Waals surface area contributed by atoms with Crippen molar-refractivity contribution in [2.24, 2.45) is 0 Å². The molecule has 9 heteroatoms. The Morgan fingerprint density at radius 1 is 1.15 bits per heavy atom. The third-order valence-electron chi connectivity index (χ3n) is 3.37. The highest BCUT2D eigenvalue weighted by molar-refractivity contribution is 5.91. The molecule has 142 valence electrons. The van der Waals surface area contributed by atoms with Gasteiger partial charge in [-0.2, -0.15) is 0 Å². The lowest BCUT2D eigenvalue weighted by atomic mass is 10.0. The smallest absolute Gasteiger partial charge is 0.326 e. The van der Waals surface area contributed by atoms with E-state index in [9.17, 15) is 23.6 Å². The number of carboxylic acids is 1. The van der Waals surface area contributed by atoms with Crippen LogP contribution in [0.2, 0.25) is 0 Å². The van der Waals surface area contributed by atoms with Crippen LogP contribution in [0, 0.1) is 5.82 Å². The van der Waals surface area contributed by atoms with Crippen molar-refractivity contribution in [3.05, 3.63) is 35.6 Å². The normalized spacial score (nSPS) is 12.6. The molecule has 8 nitrogen and oxygen atoms in total. The average molecular weight is 368 g/mol. The largest absolute Gasteiger partial charge is 0.480 e. The Labute approximate surface area is 149 Å². The number of rotatable bonds is 9. The number of amides is 2. The summed E-state index contributed by atoms with van der Waals surface area (Å²) in [6.45, 7) is 2.81. The third kappa shape index (κ3) is 6.88. The van der Waals surface area contributed by atoms with Crippen LogP contribution in [0.5, 0.6) is 0 Å². The second kappa shape index (κ2) is 10.1. The highest BCUT2D eigenvalue weighted by Gasteiger charge is 2.28. The molecule has 0 unspecified atom stereocenters. The van der Waals surface area contributed by atoms with Gasteiger partial charge in [-0.05, 0) is 18.6 Å². The molecule has 26 heavy (non-hydrogen) atoms. The number of hydrogen-bond donors (Lipinski definition) is 3. The SMILES string of the molecule is CCOC(=O)C[C@H](NC(=O)[C@H](Cc1ccccc1F)NC(C)=O)C(=O)O. The Bertz CT molecular complexity index is 679. The summed E-state index contributed by atoms with van der Waals surface area (Å²) >= 11 is 0. The van der Waals surface area contributed by atoms with Crippen molar-refractivity contribution in [2.45, 2.75) is 38.8 Å². The molecule has 0 saturated carbocycles. The van der Waals surface area contributed by atoms with E-state index < -0.39 is 48.1 Å². The fourth-order valence-corrected chi connectivity index (χ4v) is 2.20. The number of ether oxygens (including phenoxy) is 1. The highest BCUT2D eigenvalue weighted by Crippen LogP contribution is 2.10. The van der Waals surface area contributed by atoms with Gasteiger partial charge in [0.15, 0.2) is 0 Å². The summed E-state index contributed by atoms with van der Waals surface area (Å²) in [7, 11) is 0. The van der Waals surface area contributed by atoms with E-state index in [1.54, 1.807) is 13.0 Å². The molecule has 0 bridgehead atoms. The van der Waals surface area contributed by atoms with Crippen molar-refractivity contribution < 1.29 is 33.4 Å². The van der Waals surface area contributed by atoms with Gasteiger partial charge in [0.25, 0.3) is 0 Å². The number of benzene rings is 1. The first-order valence-corrected chi connectivity index (χ1v) is 7.93. The number of carboxylic acid groups (broad SMARTS) is 1. The molecule has 0 fully saturated rings. The number of esters is 1. The van der Waals surface area contributed by atoms with Gasteiger partial charge in [-0.3, -0.25) is 14.4 Å². The molecule has 1 aromatic rings. The predicted molar refractivity (Wildman–Crippen MR) is 88.5 cm³/mol. The zero-order chi connectivity index (χ0) is 19.7. The fourth-order valence-electron chi connectivity index (χ4n) is 2.20. The quantitative estimate of drug-likeness (QED) is 0.542. The molecular weight excluding hydrogens is 347 g/mol. The van der Waals surface area contributed by atoms with Crippen LogP contribution in [-0.2, 0) is 30.3 Å². The molecule has 0 aliphatic heterocycles. The minimum atomic E-state index is -1.53. The Kier molecular flexibility index (Phi) is 8.20. The summed E-state index contributed by atoms with van der Waals surface area (Å²) in [6, 6.07) is 2.98. The van der Waals surface area contributed by atoms with Crippen LogP contribution in [0.15, 0.2) is 24.3 Å². The topological polar surface area (TPSA) is 122 Å². The lowest BCUT2D eigenvalue weighted by Gasteiger charge is -2.21. The minimum absolute atomic E-state index is 0.0704. The summed E-state index contributed by atoms with van der Waals surface area (Å²) in [5.41, 5.74) is 0.179. The molecule has 3 N–H and O–H groups in total. The standard InChI is InChI=1S/C17H21FN2O6/c1-3-26-15(22)9-14(17(24)25)20-16(23)13(19-10(2)21)8-11-6-4-5-7-12(11)18/h4-7,13-14H,3,8-9H2,1-2H3,(H,19,21)(H,20,23)(H,24,25)/t13-,14-/m0/s1. The van der Waals surface area contributed by atoms with E-state index in [4.69, 9.17) is 5.11 Å². The lowest BCUT2D eigenvalue weighted by molar-refractivity contribution is -0.150. The fraction of sp³-hybridized carbons (Fsp3) is 0.412. The van der Waals surface area contributed by atoms with E-state index in [1.807, 2.05) is 0 Å². The molecule has 0 aromatic heterocycles. The van der Waals surface area contributed by atoms with Gasteiger partial charge < -0.3 is 20.5 Å². The van der Waals surface area contributed by atoms with Crippen LogP contribution >= 0.6 is 0 Å². The molecule has 1 aromatic carbocycles. The zero-order valence-corrected chi connectivity index (χ0v) is 14.5. The van der Waals surface area contributed by atoms with Crippen LogP contribution in [0.1, 0.15) is 25.8 Å². The number of carbonyl (C=O) groups excluding carboxylic acids is 3. The second-order valence-electron chi connectivity index (χ2n) is 5.46. The first-order chi connectivity index (χ1) is 12.2. The summed E-state index contributed by atoms with van der Waals surface area (Å²) in [4.78, 5) is 46.5. The van der Waals surface area contributed by atoms with Crippen LogP contribution < -0.4 is 10.6 Å². The van der Waals surface area contributed by atoms with Gasteiger partial charge in [-0.1, -0.05) is 18.2 Å². The van der Waals surface area contributed by atoms with Gasteiger partial charge in [-0.15, -0.1) is 0 Å². The van der Waals surface area contributed by atoms with Gasteiger partial charge in [-0.25, -0.2) is 9.18 Å². The second-order valence-corrected chi connectivity index (χ2v) is 5.46. The molecule has 0 aliphatic carbocycles. The first kappa shape index (κ1) is 21.1. The molecule has 0 aliphatic rings. The molecule has 2 atom stereocenters. The molecule has 0 radical (unpaired) electrons. The van der Waals surface area contributed by atoms with E-state index in [-0.39, 0.29) is 18.6 Å². The highest BCUT2D eigenvalue weighted by atomic mass is 19.1. The summed E-state index contributed by atoms with van der Waals surface area (Å²) in [5, 5.41) is 13.7. The monoisotopic (exact) mass is 368 g/mol. The van der Waals surface area contributed by atoms with E-state index in [0.717, 1.165) is 0 Å². The number of aliphatic carboxylic acids is 1. The summed E-state index contributed by atoms with van der Waals surface area (Å²) in [6.07, 6.45) is -0.745. The molecule has 1 rings (SSSR count). The van der Waals surface area contributed by atoms with Crippen molar-refractivity contribution in [1.82, 2.24) is 10.6 Å². The third-order valence-corrected chi connectivity index (χ3v) is 3.37. The van der Waals surface area contributed by atoms with E-state index in [0.29, 0.717) is 0 Å². The Morgan fingerprint density at radius 2 is 1.81 bits per heavy atom. The van der Waals surface area contributed by atoms with Gasteiger partial charge >= 0.3 is 11.9 Å². The van der Waals surface area contributed by atoms with Crippen molar-refractivity contribution >= 4 is 23.8 Å². The molecular formula is C17H21FN2O6. The minimum Gasteiger partial charge on any atom is -0.480 e. The number of carbonyl (C=O) groups is 4. The maximum Gasteiger partial charge on any atom is 0.326 e. The number of nitrogens with one attached hydrogen (secondary N) is 2. The van der Waals surface area contributed by atoms with Gasteiger partial charge in [0.05, 0.1) is 13.0 Å². The molecule has 0 saturated heterocycles. The van der Waals surface area contributed by atoms with E-state index in [1.165, 1.54) is 25.1 Å². The van der Waals surface area contributed by atoms with Crippen LogP contribution in [0.4, 0.5) is 4.39 Å².